The Morgan fingerprint density at radius 2 is 2.16 bits per heavy atom. The molecule has 1 aromatic rings. The van der Waals surface area contributed by atoms with Crippen LogP contribution in [0.15, 0.2) is 12.1 Å². The van der Waals surface area contributed by atoms with Crippen LogP contribution in [0.25, 0.3) is 0 Å². The minimum atomic E-state index is -0.785. The molecule has 0 saturated carbocycles. The van der Waals surface area contributed by atoms with Gasteiger partial charge in [0.2, 0.25) is 5.91 Å². The Labute approximate surface area is 115 Å². The third-order valence-electron chi connectivity index (χ3n) is 2.48. The number of hydrogen-bond donors (Lipinski definition) is 3. The van der Waals surface area contributed by atoms with Crippen molar-refractivity contribution in [2.24, 2.45) is 11.1 Å². The fourth-order valence-corrected chi connectivity index (χ4v) is 1.93. The van der Waals surface area contributed by atoms with Crippen LogP contribution in [0.2, 0.25) is 0 Å². The summed E-state index contributed by atoms with van der Waals surface area (Å²) in [5.74, 6) is 4.50. The molecule has 2 amide bonds. The first-order valence-corrected chi connectivity index (χ1v) is 6.46. The Hall–Kier alpha value is -1.84. The van der Waals surface area contributed by atoms with Gasteiger partial charge in [-0.15, -0.1) is 11.3 Å². The van der Waals surface area contributed by atoms with Gasteiger partial charge in [-0.3, -0.25) is 9.59 Å². The van der Waals surface area contributed by atoms with Gasteiger partial charge in [-0.05, 0) is 26.0 Å². The van der Waals surface area contributed by atoms with Gasteiger partial charge in [0, 0.05) is 6.54 Å². The average molecular weight is 280 g/mol. The summed E-state index contributed by atoms with van der Waals surface area (Å²) in [6.45, 7) is 3.30. The maximum Gasteiger partial charge on any atom is 0.261 e. The number of aliphatic hydroxyl groups is 1. The molecule has 5 nitrogen and oxygen atoms in total. The van der Waals surface area contributed by atoms with Gasteiger partial charge in [-0.1, -0.05) is 11.8 Å². The van der Waals surface area contributed by atoms with Crippen LogP contribution in [0.3, 0.4) is 0 Å². The van der Waals surface area contributed by atoms with Crippen LogP contribution in [0, 0.1) is 17.3 Å². The Morgan fingerprint density at radius 3 is 2.74 bits per heavy atom. The standard InChI is InChI=1S/C13H16N2O3S/c1-13(2,12(14)18)8-15-11(17)10-6-5-9(19-10)4-3-7-16/h5-6,16H,7-8H2,1-2H3,(H2,14,18)(H,15,17). The third-order valence-corrected chi connectivity index (χ3v) is 3.48. The van der Waals surface area contributed by atoms with Gasteiger partial charge >= 0.3 is 0 Å². The molecule has 0 atom stereocenters. The number of primary amides is 1. The predicted molar refractivity (Wildman–Crippen MR) is 73.6 cm³/mol. The van der Waals surface area contributed by atoms with Gasteiger partial charge in [-0.2, -0.15) is 0 Å². The zero-order valence-corrected chi connectivity index (χ0v) is 11.6. The molecule has 1 rings (SSSR count). The summed E-state index contributed by atoms with van der Waals surface area (Å²) in [6, 6.07) is 3.36. The highest BCUT2D eigenvalue weighted by Gasteiger charge is 2.25. The molecule has 6 heteroatoms. The third kappa shape index (κ3) is 4.39. The molecule has 102 valence electrons. The fraction of sp³-hybridized carbons (Fsp3) is 0.385. The lowest BCUT2D eigenvalue weighted by Crippen LogP contribution is -2.42. The number of carbonyl (C=O) groups is 2. The van der Waals surface area contributed by atoms with Crippen LogP contribution in [-0.2, 0) is 4.79 Å². The molecule has 0 spiro atoms. The van der Waals surface area contributed by atoms with Crippen molar-refractivity contribution in [1.29, 1.82) is 0 Å². The van der Waals surface area contributed by atoms with Crippen molar-refractivity contribution >= 4 is 23.2 Å². The lowest BCUT2D eigenvalue weighted by molar-refractivity contribution is -0.125. The van der Waals surface area contributed by atoms with Crippen molar-refractivity contribution in [3.63, 3.8) is 0 Å². The molecule has 1 heterocycles. The minimum Gasteiger partial charge on any atom is -0.384 e. The predicted octanol–water partition coefficient (Wildman–Crippen LogP) is 0.333. The maximum atomic E-state index is 11.9. The van der Waals surface area contributed by atoms with E-state index < -0.39 is 11.3 Å². The van der Waals surface area contributed by atoms with Crippen molar-refractivity contribution in [1.82, 2.24) is 5.32 Å². The van der Waals surface area contributed by atoms with Gasteiger partial charge < -0.3 is 16.2 Å². The average Bonchev–Trinajstić information content (AvgIpc) is 2.82. The minimum absolute atomic E-state index is 0.177. The normalized spacial score (nSPS) is 10.5. The van der Waals surface area contributed by atoms with E-state index in [0.717, 1.165) is 0 Å². The summed E-state index contributed by atoms with van der Waals surface area (Å²) in [4.78, 5) is 24.2. The highest BCUT2D eigenvalue weighted by atomic mass is 32.1. The highest BCUT2D eigenvalue weighted by molar-refractivity contribution is 7.14. The molecule has 0 aromatic carbocycles. The lowest BCUT2D eigenvalue weighted by Gasteiger charge is -2.20. The molecule has 0 aliphatic rings. The molecule has 0 aliphatic carbocycles. The second-order valence-corrected chi connectivity index (χ2v) is 5.64. The van der Waals surface area contributed by atoms with Crippen LogP contribution < -0.4 is 11.1 Å². The van der Waals surface area contributed by atoms with Gasteiger partial charge in [0.25, 0.3) is 5.91 Å². The zero-order valence-electron chi connectivity index (χ0n) is 10.8. The first-order valence-electron chi connectivity index (χ1n) is 5.64. The number of nitrogens with one attached hydrogen (secondary N) is 1. The second-order valence-electron chi connectivity index (χ2n) is 4.55. The Bertz CT molecular complexity index is 538. The number of carbonyl (C=O) groups excluding carboxylic acids is 2. The smallest absolute Gasteiger partial charge is 0.261 e. The summed E-state index contributed by atoms with van der Waals surface area (Å²) in [5.41, 5.74) is 4.44. The molecule has 4 N–H and O–H groups in total. The van der Waals surface area contributed by atoms with E-state index in [1.165, 1.54) is 11.3 Å². The van der Waals surface area contributed by atoms with Gasteiger partial charge in [0.1, 0.15) is 6.61 Å². The van der Waals surface area contributed by atoms with E-state index >= 15 is 0 Å². The second kappa shape index (κ2) is 6.36. The number of rotatable bonds is 4. The lowest BCUT2D eigenvalue weighted by atomic mass is 9.93. The summed E-state index contributed by atoms with van der Waals surface area (Å²) in [5, 5.41) is 11.2. The van der Waals surface area contributed by atoms with E-state index in [-0.39, 0.29) is 19.1 Å². The summed E-state index contributed by atoms with van der Waals surface area (Å²) in [6.07, 6.45) is 0. The molecule has 0 fully saturated rings. The van der Waals surface area contributed by atoms with E-state index in [0.29, 0.717) is 9.75 Å². The van der Waals surface area contributed by atoms with Crippen molar-refractivity contribution in [3.05, 3.63) is 21.9 Å². The molecule has 0 saturated heterocycles. The van der Waals surface area contributed by atoms with Crippen molar-refractivity contribution in [2.75, 3.05) is 13.2 Å². The highest BCUT2D eigenvalue weighted by Crippen LogP contribution is 2.16. The van der Waals surface area contributed by atoms with Crippen LogP contribution in [-0.4, -0.2) is 30.1 Å². The number of aliphatic hydroxyl groups excluding tert-OH is 1. The summed E-state index contributed by atoms with van der Waals surface area (Å²) >= 11 is 1.23. The van der Waals surface area contributed by atoms with Gasteiger partial charge in [0.05, 0.1) is 15.2 Å². The molecule has 19 heavy (non-hydrogen) atoms. The molecule has 0 aliphatic heterocycles. The topological polar surface area (TPSA) is 92.4 Å². The van der Waals surface area contributed by atoms with Crippen LogP contribution >= 0.6 is 11.3 Å². The van der Waals surface area contributed by atoms with Crippen molar-refractivity contribution < 1.29 is 14.7 Å². The Balaban J connectivity index is 2.64. The maximum absolute atomic E-state index is 11.9. The molecular weight excluding hydrogens is 264 g/mol. The summed E-state index contributed by atoms with van der Waals surface area (Å²) < 4.78 is 0. The Kier molecular flexibility index (Phi) is 5.10. The number of nitrogens with two attached hydrogens (primary N) is 1. The van der Waals surface area contributed by atoms with E-state index in [1.807, 2.05) is 0 Å². The Morgan fingerprint density at radius 1 is 1.47 bits per heavy atom. The van der Waals surface area contributed by atoms with Gasteiger partial charge in [-0.25, -0.2) is 0 Å². The van der Waals surface area contributed by atoms with E-state index in [4.69, 9.17) is 10.8 Å². The van der Waals surface area contributed by atoms with Gasteiger partial charge in [0.15, 0.2) is 0 Å². The first kappa shape index (κ1) is 15.2. The van der Waals surface area contributed by atoms with E-state index in [2.05, 4.69) is 17.2 Å². The van der Waals surface area contributed by atoms with E-state index in [1.54, 1.807) is 26.0 Å². The van der Waals surface area contributed by atoms with Crippen LogP contribution in [0.5, 0.6) is 0 Å². The number of amides is 2. The van der Waals surface area contributed by atoms with Crippen molar-refractivity contribution in [2.45, 2.75) is 13.8 Å². The largest absolute Gasteiger partial charge is 0.384 e. The SMILES string of the molecule is CC(C)(CNC(=O)c1ccc(C#CCO)s1)C(N)=O. The quantitative estimate of drug-likeness (QED) is 0.694. The molecule has 1 aromatic heterocycles. The van der Waals surface area contributed by atoms with Crippen LogP contribution in [0.4, 0.5) is 0 Å². The monoisotopic (exact) mass is 280 g/mol. The van der Waals surface area contributed by atoms with E-state index in [9.17, 15) is 9.59 Å². The zero-order chi connectivity index (χ0) is 14.5. The molecule has 0 bridgehead atoms. The fourth-order valence-electron chi connectivity index (χ4n) is 1.13. The van der Waals surface area contributed by atoms with Crippen LogP contribution in [0.1, 0.15) is 28.4 Å². The number of thiophene rings is 1. The summed E-state index contributed by atoms with van der Waals surface area (Å²) in [7, 11) is 0. The first-order chi connectivity index (χ1) is 8.86. The molecule has 0 unspecified atom stereocenters. The van der Waals surface area contributed by atoms with Crippen molar-refractivity contribution in [3.8, 4) is 11.8 Å². The number of hydrogen-bond acceptors (Lipinski definition) is 4. The molecule has 0 radical (unpaired) electrons. The molecular formula is C13H16N2O3S.